The van der Waals surface area contributed by atoms with Crippen molar-refractivity contribution < 1.29 is 19.5 Å². The molecule has 0 aromatic rings. The zero-order valence-corrected chi connectivity index (χ0v) is 12.6. The standard InChI is InChI=1S/C14H24N2O4/c1-9-10(13(19)20)5-6-16(9)12(18)8-15-11(17)7-14(2,3)4/h9-10H,5-8H2,1-4H3,(H,15,17)(H,19,20). The lowest BCUT2D eigenvalue weighted by molar-refractivity contribution is -0.143. The summed E-state index contributed by atoms with van der Waals surface area (Å²) in [7, 11) is 0. The third-order valence-corrected chi connectivity index (χ3v) is 3.52. The van der Waals surface area contributed by atoms with E-state index in [1.807, 2.05) is 20.8 Å². The van der Waals surface area contributed by atoms with Gasteiger partial charge < -0.3 is 15.3 Å². The van der Waals surface area contributed by atoms with Crippen LogP contribution in [0.2, 0.25) is 0 Å². The fourth-order valence-corrected chi connectivity index (χ4v) is 2.44. The van der Waals surface area contributed by atoms with Crippen LogP contribution in [0.3, 0.4) is 0 Å². The Labute approximate surface area is 119 Å². The summed E-state index contributed by atoms with van der Waals surface area (Å²) < 4.78 is 0. The number of hydrogen-bond donors (Lipinski definition) is 2. The topological polar surface area (TPSA) is 86.7 Å². The van der Waals surface area contributed by atoms with Crippen LogP contribution in [0.25, 0.3) is 0 Å². The first-order valence-corrected chi connectivity index (χ1v) is 6.91. The molecular weight excluding hydrogens is 260 g/mol. The molecule has 0 spiro atoms. The molecule has 1 aliphatic heterocycles. The molecule has 20 heavy (non-hydrogen) atoms. The minimum atomic E-state index is -0.871. The highest BCUT2D eigenvalue weighted by molar-refractivity contribution is 5.86. The van der Waals surface area contributed by atoms with Crippen molar-refractivity contribution in [3.05, 3.63) is 0 Å². The highest BCUT2D eigenvalue weighted by Crippen LogP contribution is 2.24. The summed E-state index contributed by atoms with van der Waals surface area (Å²) in [5, 5.41) is 11.6. The number of likely N-dealkylation sites (tertiary alicyclic amines) is 1. The molecule has 0 aliphatic carbocycles. The number of nitrogens with zero attached hydrogens (tertiary/aromatic N) is 1. The number of carboxylic acids is 1. The average molecular weight is 284 g/mol. The second-order valence-corrected chi connectivity index (χ2v) is 6.58. The number of carbonyl (C=O) groups excluding carboxylic acids is 2. The highest BCUT2D eigenvalue weighted by atomic mass is 16.4. The monoisotopic (exact) mass is 284 g/mol. The van der Waals surface area contributed by atoms with Crippen LogP contribution in [0.5, 0.6) is 0 Å². The van der Waals surface area contributed by atoms with Crippen LogP contribution < -0.4 is 5.32 Å². The van der Waals surface area contributed by atoms with E-state index in [4.69, 9.17) is 5.11 Å². The van der Waals surface area contributed by atoms with Gasteiger partial charge in [-0.1, -0.05) is 20.8 Å². The summed E-state index contributed by atoms with van der Waals surface area (Å²) in [6.07, 6.45) is 0.825. The number of aliphatic carboxylic acids is 1. The van der Waals surface area contributed by atoms with Gasteiger partial charge in [-0.2, -0.15) is 0 Å². The van der Waals surface area contributed by atoms with Crippen molar-refractivity contribution in [1.29, 1.82) is 0 Å². The van der Waals surface area contributed by atoms with E-state index in [0.29, 0.717) is 19.4 Å². The lowest BCUT2D eigenvalue weighted by Crippen LogP contribution is -2.44. The Bertz CT molecular complexity index is 400. The molecule has 0 bridgehead atoms. The van der Waals surface area contributed by atoms with Crippen LogP contribution >= 0.6 is 0 Å². The van der Waals surface area contributed by atoms with Crippen LogP contribution in [0.15, 0.2) is 0 Å². The third-order valence-electron chi connectivity index (χ3n) is 3.52. The van der Waals surface area contributed by atoms with Gasteiger partial charge in [0.15, 0.2) is 0 Å². The molecule has 114 valence electrons. The van der Waals surface area contributed by atoms with Gasteiger partial charge >= 0.3 is 5.97 Å². The normalized spacial score (nSPS) is 22.7. The van der Waals surface area contributed by atoms with Crippen molar-refractivity contribution in [3.8, 4) is 0 Å². The van der Waals surface area contributed by atoms with Crippen molar-refractivity contribution in [1.82, 2.24) is 10.2 Å². The lowest BCUT2D eigenvalue weighted by Gasteiger charge is -2.24. The third kappa shape index (κ3) is 4.51. The maximum Gasteiger partial charge on any atom is 0.308 e. The van der Waals surface area contributed by atoms with Gasteiger partial charge in [-0.25, -0.2) is 0 Å². The van der Waals surface area contributed by atoms with Crippen LogP contribution in [0.1, 0.15) is 40.5 Å². The molecule has 0 saturated carbocycles. The first-order valence-electron chi connectivity index (χ1n) is 6.91. The summed E-state index contributed by atoms with van der Waals surface area (Å²) in [4.78, 5) is 36.2. The van der Waals surface area contributed by atoms with E-state index in [-0.39, 0.29) is 29.8 Å². The number of hydrogen-bond acceptors (Lipinski definition) is 3. The minimum absolute atomic E-state index is 0.0639. The number of amides is 2. The summed E-state index contributed by atoms with van der Waals surface area (Å²) >= 11 is 0. The molecule has 1 rings (SSSR count). The van der Waals surface area contributed by atoms with Crippen LogP contribution in [0.4, 0.5) is 0 Å². The Hall–Kier alpha value is -1.59. The summed E-state index contributed by atoms with van der Waals surface area (Å²) in [6.45, 7) is 7.97. The Morgan fingerprint density at radius 2 is 1.90 bits per heavy atom. The fraction of sp³-hybridized carbons (Fsp3) is 0.786. The van der Waals surface area contributed by atoms with E-state index in [0.717, 1.165) is 0 Å². The van der Waals surface area contributed by atoms with Crippen molar-refractivity contribution in [2.24, 2.45) is 11.3 Å². The van der Waals surface area contributed by atoms with Gasteiger partial charge in [0.2, 0.25) is 11.8 Å². The van der Waals surface area contributed by atoms with Gasteiger partial charge in [0, 0.05) is 19.0 Å². The van der Waals surface area contributed by atoms with Crippen molar-refractivity contribution in [2.75, 3.05) is 13.1 Å². The van der Waals surface area contributed by atoms with Gasteiger partial charge in [0.1, 0.15) is 0 Å². The van der Waals surface area contributed by atoms with Crippen LogP contribution in [-0.2, 0) is 14.4 Å². The smallest absolute Gasteiger partial charge is 0.308 e. The number of carbonyl (C=O) groups is 3. The number of rotatable bonds is 4. The molecular formula is C14H24N2O4. The molecule has 1 aliphatic rings. The number of carboxylic acid groups (broad SMARTS) is 1. The Morgan fingerprint density at radius 1 is 1.30 bits per heavy atom. The van der Waals surface area contributed by atoms with Gasteiger partial charge in [-0.15, -0.1) is 0 Å². The van der Waals surface area contributed by atoms with E-state index in [1.54, 1.807) is 6.92 Å². The molecule has 2 amide bonds. The van der Waals surface area contributed by atoms with E-state index in [1.165, 1.54) is 4.90 Å². The largest absolute Gasteiger partial charge is 0.481 e. The second kappa shape index (κ2) is 6.24. The molecule has 1 fully saturated rings. The quantitative estimate of drug-likeness (QED) is 0.801. The van der Waals surface area contributed by atoms with Gasteiger partial charge in [-0.3, -0.25) is 14.4 Å². The predicted molar refractivity (Wildman–Crippen MR) is 74.0 cm³/mol. The van der Waals surface area contributed by atoms with E-state index < -0.39 is 11.9 Å². The van der Waals surface area contributed by atoms with Crippen molar-refractivity contribution >= 4 is 17.8 Å². The van der Waals surface area contributed by atoms with Gasteiger partial charge in [-0.05, 0) is 18.8 Å². The molecule has 2 N–H and O–H groups in total. The van der Waals surface area contributed by atoms with Gasteiger partial charge in [0.05, 0.1) is 12.5 Å². The number of nitrogens with one attached hydrogen (secondary N) is 1. The fourth-order valence-electron chi connectivity index (χ4n) is 2.44. The summed E-state index contributed by atoms with van der Waals surface area (Å²) in [5.41, 5.74) is -0.123. The Morgan fingerprint density at radius 3 is 2.35 bits per heavy atom. The molecule has 0 aromatic heterocycles. The van der Waals surface area contributed by atoms with Crippen molar-refractivity contribution in [2.45, 2.75) is 46.6 Å². The Kier molecular flexibility index (Phi) is 5.14. The zero-order valence-electron chi connectivity index (χ0n) is 12.6. The van der Waals surface area contributed by atoms with Crippen molar-refractivity contribution in [3.63, 3.8) is 0 Å². The highest BCUT2D eigenvalue weighted by Gasteiger charge is 2.37. The van der Waals surface area contributed by atoms with Crippen LogP contribution in [0, 0.1) is 11.3 Å². The molecule has 6 heteroatoms. The molecule has 1 heterocycles. The van der Waals surface area contributed by atoms with E-state index in [9.17, 15) is 14.4 Å². The Balaban J connectivity index is 2.45. The molecule has 2 unspecified atom stereocenters. The molecule has 6 nitrogen and oxygen atoms in total. The summed E-state index contributed by atoms with van der Waals surface area (Å²) in [5.74, 6) is -1.76. The molecule has 2 atom stereocenters. The van der Waals surface area contributed by atoms with Crippen LogP contribution in [-0.4, -0.2) is 46.9 Å². The lowest BCUT2D eigenvalue weighted by atomic mass is 9.92. The molecule has 0 radical (unpaired) electrons. The average Bonchev–Trinajstić information content (AvgIpc) is 2.65. The minimum Gasteiger partial charge on any atom is -0.481 e. The molecule has 1 saturated heterocycles. The second-order valence-electron chi connectivity index (χ2n) is 6.58. The van der Waals surface area contributed by atoms with E-state index in [2.05, 4.69) is 5.32 Å². The zero-order chi connectivity index (χ0) is 15.5. The maximum absolute atomic E-state index is 12.0. The summed E-state index contributed by atoms with van der Waals surface area (Å²) in [6, 6.07) is -0.320. The first kappa shape index (κ1) is 16.5. The first-order chi connectivity index (χ1) is 9.11. The molecule has 0 aromatic carbocycles. The van der Waals surface area contributed by atoms with Gasteiger partial charge in [0.25, 0.3) is 0 Å². The SMILES string of the molecule is CC1C(C(=O)O)CCN1C(=O)CNC(=O)CC(C)(C)C. The maximum atomic E-state index is 12.0. The predicted octanol–water partition coefficient (Wildman–Crippen LogP) is 0.860. The van der Waals surface area contributed by atoms with E-state index >= 15 is 0 Å².